The molecule has 0 saturated carbocycles. The van der Waals surface area contributed by atoms with E-state index in [0.717, 1.165) is 34.4 Å². The lowest BCUT2D eigenvalue weighted by Crippen LogP contribution is -2.49. The van der Waals surface area contributed by atoms with Gasteiger partial charge in [-0.2, -0.15) is 0 Å². The van der Waals surface area contributed by atoms with Crippen LogP contribution in [-0.2, 0) is 17.7 Å². The van der Waals surface area contributed by atoms with Gasteiger partial charge in [0.05, 0.1) is 18.8 Å². The topological polar surface area (TPSA) is 75.8 Å². The summed E-state index contributed by atoms with van der Waals surface area (Å²) in [5.41, 5.74) is 7.12. The van der Waals surface area contributed by atoms with E-state index in [0.29, 0.717) is 26.2 Å². The Hall–Kier alpha value is -2.96. The van der Waals surface area contributed by atoms with Crippen molar-refractivity contribution in [3.63, 3.8) is 0 Å². The maximum atomic E-state index is 13.1. The molecule has 6 nitrogen and oxygen atoms in total. The Kier molecular flexibility index (Phi) is 4.89. The zero-order chi connectivity index (χ0) is 20.7. The molecule has 0 unspecified atom stereocenters. The van der Waals surface area contributed by atoms with Crippen molar-refractivity contribution in [1.29, 1.82) is 0 Å². The Balaban J connectivity index is 1.37. The number of hydrogen-bond acceptors (Lipinski definition) is 5. The highest BCUT2D eigenvalue weighted by molar-refractivity contribution is 5.99. The van der Waals surface area contributed by atoms with E-state index in [2.05, 4.69) is 30.1 Å². The van der Waals surface area contributed by atoms with Crippen LogP contribution in [0.2, 0.25) is 0 Å². The van der Waals surface area contributed by atoms with Gasteiger partial charge in [0, 0.05) is 24.3 Å². The van der Waals surface area contributed by atoms with Gasteiger partial charge in [0.15, 0.2) is 6.39 Å². The van der Waals surface area contributed by atoms with E-state index < -0.39 is 6.10 Å². The molecule has 30 heavy (non-hydrogen) atoms. The molecule has 0 aliphatic carbocycles. The van der Waals surface area contributed by atoms with Gasteiger partial charge < -0.3 is 19.2 Å². The molecule has 0 bridgehead atoms. The first-order valence-corrected chi connectivity index (χ1v) is 10.3. The molecule has 6 heteroatoms. The first-order chi connectivity index (χ1) is 14.6. The molecule has 2 aliphatic heterocycles. The SMILES string of the molecule is Cc1cc2c(cc1Cc1ccc(-c3cocn3)cc1)C(=O)N([C@@H]1CCOC[C@H]1O)C2. The fourth-order valence-electron chi connectivity index (χ4n) is 4.45. The van der Waals surface area contributed by atoms with E-state index in [1.165, 1.54) is 17.5 Å². The Labute approximate surface area is 175 Å². The van der Waals surface area contributed by atoms with Gasteiger partial charge in [-0.1, -0.05) is 30.3 Å². The minimum atomic E-state index is -0.624. The summed E-state index contributed by atoms with van der Waals surface area (Å²) in [6.45, 7) is 3.52. The molecule has 1 N–H and O–H groups in total. The van der Waals surface area contributed by atoms with Crippen molar-refractivity contribution in [2.75, 3.05) is 13.2 Å². The molecule has 1 saturated heterocycles. The van der Waals surface area contributed by atoms with Crippen LogP contribution in [0.1, 0.15) is 39.0 Å². The van der Waals surface area contributed by atoms with Gasteiger partial charge in [0.1, 0.15) is 12.0 Å². The number of amides is 1. The van der Waals surface area contributed by atoms with Gasteiger partial charge in [0.2, 0.25) is 0 Å². The number of carbonyl (C=O) groups is 1. The summed E-state index contributed by atoms with van der Waals surface area (Å²) in [4.78, 5) is 19.1. The van der Waals surface area contributed by atoms with Gasteiger partial charge in [-0.15, -0.1) is 0 Å². The highest BCUT2D eigenvalue weighted by atomic mass is 16.5. The van der Waals surface area contributed by atoms with Gasteiger partial charge >= 0.3 is 0 Å². The third-order valence-electron chi connectivity index (χ3n) is 6.16. The number of carbonyl (C=O) groups excluding carboxylic acids is 1. The summed E-state index contributed by atoms with van der Waals surface area (Å²) in [6, 6.07) is 12.2. The molecular weight excluding hydrogens is 380 g/mol. The maximum Gasteiger partial charge on any atom is 0.254 e. The van der Waals surface area contributed by atoms with Crippen molar-refractivity contribution in [2.24, 2.45) is 0 Å². The first kappa shape index (κ1) is 19.0. The Morgan fingerprint density at radius 2 is 2.07 bits per heavy atom. The summed E-state index contributed by atoms with van der Waals surface area (Å²) in [5.74, 6) is 0.0126. The fraction of sp³-hybridized carbons (Fsp3) is 0.333. The zero-order valence-corrected chi connectivity index (χ0v) is 16.9. The number of benzene rings is 2. The predicted molar refractivity (Wildman–Crippen MR) is 111 cm³/mol. The first-order valence-electron chi connectivity index (χ1n) is 10.3. The summed E-state index contributed by atoms with van der Waals surface area (Å²) in [6.07, 6.45) is 3.86. The average molecular weight is 404 g/mol. The largest absolute Gasteiger partial charge is 0.451 e. The van der Waals surface area contributed by atoms with Crippen LogP contribution in [0, 0.1) is 6.92 Å². The Morgan fingerprint density at radius 1 is 1.23 bits per heavy atom. The van der Waals surface area contributed by atoms with Gasteiger partial charge in [-0.3, -0.25) is 4.79 Å². The molecule has 1 aromatic heterocycles. The second kappa shape index (κ2) is 7.70. The van der Waals surface area contributed by atoms with E-state index >= 15 is 0 Å². The van der Waals surface area contributed by atoms with Gasteiger partial charge in [-0.05, 0) is 48.1 Å². The van der Waals surface area contributed by atoms with E-state index in [1.807, 2.05) is 23.1 Å². The van der Waals surface area contributed by atoms with Crippen molar-refractivity contribution in [3.8, 4) is 11.3 Å². The lowest BCUT2D eigenvalue weighted by Gasteiger charge is -2.34. The van der Waals surface area contributed by atoms with Crippen LogP contribution in [0.5, 0.6) is 0 Å². The molecule has 5 rings (SSSR count). The number of nitrogens with zero attached hydrogens (tertiary/aromatic N) is 2. The number of aromatic nitrogens is 1. The number of fused-ring (bicyclic) bond motifs is 1. The highest BCUT2D eigenvalue weighted by Gasteiger charge is 2.37. The van der Waals surface area contributed by atoms with Crippen molar-refractivity contribution < 1.29 is 19.1 Å². The number of oxazole rings is 1. The molecule has 1 amide bonds. The maximum absolute atomic E-state index is 13.1. The number of rotatable bonds is 4. The Morgan fingerprint density at radius 3 is 2.80 bits per heavy atom. The number of ether oxygens (including phenoxy) is 1. The normalized spacial score (nSPS) is 21.1. The molecular formula is C24H24N2O4. The number of aliphatic hydroxyl groups is 1. The van der Waals surface area contributed by atoms with Crippen LogP contribution in [-0.4, -0.2) is 46.3 Å². The van der Waals surface area contributed by atoms with E-state index in [1.54, 1.807) is 6.26 Å². The molecule has 0 spiro atoms. The summed E-state index contributed by atoms with van der Waals surface area (Å²) in [7, 11) is 0. The number of hydrogen-bond donors (Lipinski definition) is 1. The van der Waals surface area contributed by atoms with Gasteiger partial charge in [-0.25, -0.2) is 4.98 Å². The van der Waals surface area contributed by atoms with Crippen LogP contribution in [0.4, 0.5) is 0 Å². The molecule has 3 heterocycles. The lowest BCUT2D eigenvalue weighted by molar-refractivity contribution is -0.0572. The Bertz CT molecular complexity index is 1060. The third-order valence-corrected chi connectivity index (χ3v) is 6.16. The van der Waals surface area contributed by atoms with Crippen LogP contribution >= 0.6 is 0 Å². The second-order valence-corrected chi connectivity index (χ2v) is 8.11. The molecule has 2 aliphatic rings. The van der Waals surface area contributed by atoms with Crippen LogP contribution < -0.4 is 0 Å². The van der Waals surface area contributed by atoms with Crippen molar-refractivity contribution in [3.05, 3.63) is 76.9 Å². The smallest absolute Gasteiger partial charge is 0.254 e. The van der Waals surface area contributed by atoms with Crippen LogP contribution in [0.25, 0.3) is 11.3 Å². The van der Waals surface area contributed by atoms with E-state index in [4.69, 9.17) is 9.15 Å². The monoisotopic (exact) mass is 404 g/mol. The van der Waals surface area contributed by atoms with Gasteiger partial charge in [0.25, 0.3) is 5.91 Å². The van der Waals surface area contributed by atoms with Crippen molar-refractivity contribution in [1.82, 2.24) is 9.88 Å². The molecule has 154 valence electrons. The molecule has 3 aromatic rings. The molecule has 0 radical (unpaired) electrons. The highest BCUT2D eigenvalue weighted by Crippen LogP contribution is 2.31. The van der Waals surface area contributed by atoms with E-state index in [9.17, 15) is 9.90 Å². The minimum Gasteiger partial charge on any atom is -0.451 e. The van der Waals surface area contributed by atoms with Crippen LogP contribution in [0.15, 0.2) is 53.5 Å². The summed E-state index contributed by atoms with van der Waals surface area (Å²) >= 11 is 0. The quantitative estimate of drug-likeness (QED) is 0.722. The average Bonchev–Trinajstić information content (AvgIpc) is 3.39. The summed E-state index contributed by atoms with van der Waals surface area (Å²) in [5, 5.41) is 10.3. The third kappa shape index (κ3) is 3.42. The molecule has 1 fully saturated rings. The summed E-state index contributed by atoms with van der Waals surface area (Å²) < 4.78 is 10.4. The molecule has 2 atom stereocenters. The zero-order valence-electron chi connectivity index (χ0n) is 16.9. The fourth-order valence-corrected chi connectivity index (χ4v) is 4.45. The lowest BCUT2D eigenvalue weighted by atomic mass is 9.95. The standard InChI is InChI=1S/C24H24N2O4/c1-15-8-19-11-26(22-6-7-29-13-23(22)27)24(28)20(19)10-18(15)9-16-2-4-17(5-3-16)21-12-30-14-25-21/h2-5,8,10,12,14,22-23,27H,6-7,9,11,13H2,1H3/t22-,23-/m1/s1. The van der Waals surface area contributed by atoms with Crippen LogP contribution in [0.3, 0.4) is 0 Å². The van der Waals surface area contributed by atoms with Crippen molar-refractivity contribution >= 4 is 5.91 Å². The second-order valence-electron chi connectivity index (χ2n) is 8.11. The minimum absolute atomic E-state index is 0.0126. The molecule has 2 aromatic carbocycles. The predicted octanol–water partition coefficient (Wildman–Crippen LogP) is 3.35. The van der Waals surface area contributed by atoms with Crippen molar-refractivity contribution in [2.45, 2.75) is 38.5 Å². The van der Waals surface area contributed by atoms with E-state index in [-0.39, 0.29) is 11.9 Å². The number of aliphatic hydroxyl groups excluding tert-OH is 1. The number of aryl methyl sites for hydroxylation is 1.